The summed E-state index contributed by atoms with van der Waals surface area (Å²) in [5, 5.41) is 0. The Hall–Kier alpha value is -1.25. The number of ether oxygens (including phenoxy) is 1. The average molecular weight is 249 g/mol. The molecular formula is C15H23NO2. The Morgan fingerprint density at radius 2 is 2.28 bits per heavy atom. The number of carbonyl (C=O) groups is 1. The maximum absolute atomic E-state index is 12.2. The number of hydrogen-bond acceptors (Lipinski definition) is 2. The minimum atomic E-state index is -0.440. The fourth-order valence-electron chi connectivity index (χ4n) is 2.87. The lowest BCUT2D eigenvalue weighted by Gasteiger charge is -2.27. The molecule has 18 heavy (non-hydrogen) atoms. The number of carbonyl (C=O) groups excluding carboxylic acids is 1. The number of amides is 1. The van der Waals surface area contributed by atoms with Crippen LogP contribution < -0.4 is 0 Å². The van der Waals surface area contributed by atoms with E-state index in [4.69, 9.17) is 4.74 Å². The first kappa shape index (κ1) is 13.2. The fraction of sp³-hybridized carbons (Fsp3) is 0.667. The van der Waals surface area contributed by atoms with Gasteiger partial charge in [-0.2, -0.15) is 0 Å². The standard InChI is InChI=1S/C15H23NO2/c1-5-12-10-15(8-6-7-9-15)11-16(12)13(17)18-14(2,3)4/h5-6,8,12H,1,7,9-11H2,2-4H3/t12-,15-/m1/s1. The van der Waals surface area contributed by atoms with Crippen molar-refractivity contribution < 1.29 is 9.53 Å². The first-order chi connectivity index (χ1) is 8.35. The van der Waals surface area contributed by atoms with E-state index < -0.39 is 5.60 Å². The molecule has 0 aromatic heterocycles. The van der Waals surface area contributed by atoms with Crippen molar-refractivity contribution in [1.82, 2.24) is 4.90 Å². The zero-order valence-corrected chi connectivity index (χ0v) is 11.6. The minimum absolute atomic E-state index is 0.0996. The Morgan fingerprint density at radius 1 is 1.56 bits per heavy atom. The molecule has 1 aliphatic heterocycles. The van der Waals surface area contributed by atoms with Gasteiger partial charge in [-0.15, -0.1) is 6.58 Å². The highest BCUT2D eigenvalue weighted by Crippen LogP contribution is 2.44. The van der Waals surface area contributed by atoms with Crippen LogP contribution in [0.15, 0.2) is 24.8 Å². The Kier molecular flexibility index (Phi) is 3.26. The summed E-state index contributed by atoms with van der Waals surface area (Å²) in [5.74, 6) is 0. The molecule has 2 rings (SSSR count). The van der Waals surface area contributed by atoms with Crippen LogP contribution in [-0.4, -0.2) is 29.2 Å². The molecule has 2 atom stereocenters. The quantitative estimate of drug-likeness (QED) is 0.665. The van der Waals surface area contributed by atoms with E-state index in [2.05, 4.69) is 18.7 Å². The number of rotatable bonds is 1. The largest absolute Gasteiger partial charge is 0.444 e. The molecule has 0 unspecified atom stereocenters. The van der Waals surface area contributed by atoms with Crippen LogP contribution >= 0.6 is 0 Å². The van der Waals surface area contributed by atoms with Crippen molar-refractivity contribution in [2.75, 3.05) is 6.54 Å². The second-order valence-electron chi connectivity index (χ2n) is 6.42. The fourth-order valence-corrected chi connectivity index (χ4v) is 2.87. The predicted octanol–water partition coefficient (Wildman–Crippen LogP) is 3.52. The van der Waals surface area contributed by atoms with Crippen LogP contribution in [0.1, 0.15) is 40.0 Å². The first-order valence-corrected chi connectivity index (χ1v) is 6.65. The Bertz CT molecular complexity index is 380. The van der Waals surface area contributed by atoms with Crippen LogP contribution in [0.2, 0.25) is 0 Å². The van der Waals surface area contributed by atoms with E-state index >= 15 is 0 Å². The van der Waals surface area contributed by atoms with Gasteiger partial charge in [0.05, 0.1) is 6.04 Å². The SMILES string of the molecule is C=C[C@@H]1C[C@]2(C=CCC2)CN1C(=O)OC(C)(C)C. The van der Waals surface area contributed by atoms with Gasteiger partial charge in [-0.3, -0.25) is 0 Å². The van der Waals surface area contributed by atoms with Gasteiger partial charge in [-0.1, -0.05) is 18.2 Å². The molecule has 100 valence electrons. The summed E-state index contributed by atoms with van der Waals surface area (Å²) >= 11 is 0. The molecule has 0 saturated carbocycles. The normalized spacial score (nSPS) is 31.1. The van der Waals surface area contributed by atoms with Crippen LogP contribution in [0.4, 0.5) is 4.79 Å². The summed E-state index contributed by atoms with van der Waals surface area (Å²) in [4.78, 5) is 14.0. The number of nitrogens with zero attached hydrogens (tertiary/aromatic N) is 1. The van der Waals surface area contributed by atoms with Crippen LogP contribution in [0.3, 0.4) is 0 Å². The molecule has 3 nitrogen and oxygen atoms in total. The summed E-state index contributed by atoms with van der Waals surface area (Å²) in [5.41, 5.74) is -0.278. The van der Waals surface area contributed by atoms with Gasteiger partial charge < -0.3 is 9.64 Å². The van der Waals surface area contributed by atoms with Gasteiger partial charge >= 0.3 is 6.09 Å². The summed E-state index contributed by atoms with van der Waals surface area (Å²) in [7, 11) is 0. The molecule has 1 saturated heterocycles. The number of hydrogen-bond donors (Lipinski definition) is 0. The van der Waals surface area contributed by atoms with E-state index in [9.17, 15) is 4.79 Å². The van der Waals surface area contributed by atoms with Crippen LogP contribution in [-0.2, 0) is 4.74 Å². The van der Waals surface area contributed by atoms with Gasteiger partial charge in [0.25, 0.3) is 0 Å². The lowest BCUT2D eigenvalue weighted by Crippen LogP contribution is -2.39. The molecule has 3 heteroatoms. The Morgan fingerprint density at radius 3 is 2.78 bits per heavy atom. The van der Waals surface area contributed by atoms with Gasteiger partial charge in [0.15, 0.2) is 0 Å². The number of allylic oxidation sites excluding steroid dienone is 1. The first-order valence-electron chi connectivity index (χ1n) is 6.65. The van der Waals surface area contributed by atoms with Crippen molar-refractivity contribution in [3.63, 3.8) is 0 Å². The van der Waals surface area contributed by atoms with E-state index in [1.165, 1.54) is 0 Å². The van der Waals surface area contributed by atoms with Crippen molar-refractivity contribution in [1.29, 1.82) is 0 Å². The maximum Gasteiger partial charge on any atom is 0.410 e. The molecule has 1 aliphatic carbocycles. The van der Waals surface area contributed by atoms with E-state index in [1.54, 1.807) is 0 Å². The molecule has 0 radical (unpaired) electrons. The second-order valence-corrected chi connectivity index (χ2v) is 6.42. The zero-order valence-electron chi connectivity index (χ0n) is 11.6. The van der Waals surface area contributed by atoms with Crippen molar-refractivity contribution in [3.8, 4) is 0 Å². The molecule has 0 bridgehead atoms. The van der Waals surface area contributed by atoms with Gasteiger partial charge in [-0.05, 0) is 40.0 Å². The lowest BCUT2D eigenvalue weighted by molar-refractivity contribution is 0.0243. The Balaban J connectivity index is 2.10. The highest BCUT2D eigenvalue weighted by atomic mass is 16.6. The smallest absolute Gasteiger partial charge is 0.410 e. The van der Waals surface area contributed by atoms with Gasteiger partial charge in [0, 0.05) is 12.0 Å². The molecule has 0 aromatic rings. The van der Waals surface area contributed by atoms with Crippen LogP contribution in [0.5, 0.6) is 0 Å². The molecule has 0 aromatic carbocycles. The zero-order chi connectivity index (χ0) is 13.4. The summed E-state index contributed by atoms with van der Waals surface area (Å²) in [6.07, 6.45) is 9.37. The molecule has 0 N–H and O–H groups in total. The van der Waals surface area contributed by atoms with Crippen molar-refractivity contribution >= 4 is 6.09 Å². The van der Waals surface area contributed by atoms with E-state index in [0.717, 1.165) is 25.8 Å². The predicted molar refractivity (Wildman–Crippen MR) is 72.3 cm³/mol. The summed E-state index contributed by atoms with van der Waals surface area (Å²) in [6.45, 7) is 10.3. The molecule has 2 aliphatic rings. The van der Waals surface area contributed by atoms with E-state index in [1.807, 2.05) is 31.7 Å². The van der Waals surface area contributed by atoms with Gasteiger partial charge in [0.1, 0.15) is 5.60 Å². The third-order valence-electron chi connectivity index (χ3n) is 3.68. The highest BCUT2D eigenvalue weighted by Gasteiger charge is 2.45. The molecule has 1 amide bonds. The molecule has 1 spiro atoms. The van der Waals surface area contributed by atoms with Gasteiger partial charge in [0.2, 0.25) is 0 Å². The van der Waals surface area contributed by atoms with Crippen molar-refractivity contribution in [2.24, 2.45) is 5.41 Å². The van der Waals surface area contributed by atoms with Crippen molar-refractivity contribution in [2.45, 2.75) is 51.7 Å². The van der Waals surface area contributed by atoms with Crippen LogP contribution in [0, 0.1) is 5.41 Å². The third-order valence-corrected chi connectivity index (χ3v) is 3.68. The second kappa shape index (κ2) is 4.45. The Labute approximate surface area is 109 Å². The van der Waals surface area contributed by atoms with Gasteiger partial charge in [-0.25, -0.2) is 4.79 Å². The van der Waals surface area contributed by atoms with Crippen LogP contribution in [0.25, 0.3) is 0 Å². The third kappa shape index (κ3) is 2.60. The summed E-state index contributed by atoms with van der Waals surface area (Å²) < 4.78 is 5.47. The maximum atomic E-state index is 12.2. The summed E-state index contributed by atoms with van der Waals surface area (Å²) in [6, 6.07) is 0.0996. The van der Waals surface area contributed by atoms with Crippen molar-refractivity contribution in [3.05, 3.63) is 24.8 Å². The van der Waals surface area contributed by atoms with E-state index in [0.29, 0.717) is 0 Å². The molecule has 1 heterocycles. The van der Waals surface area contributed by atoms with E-state index in [-0.39, 0.29) is 17.6 Å². The minimum Gasteiger partial charge on any atom is -0.444 e. The molecular weight excluding hydrogens is 226 g/mol. The highest BCUT2D eigenvalue weighted by molar-refractivity contribution is 5.69. The topological polar surface area (TPSA) is 29.5 Å². The monoisotopic (exact) mass is 249 g/mol. The number of likely N-dealkylation sites (tertiary alicyclic amines) is 1. The molecule has 1 fully saturated rings. The average Bonchev–Trinajstić information content (AvgIpc) is 2.84. The lowest BCUT2D eigenvalue weighted by atomic mass is 9.85.